The van der Waals surface area contributed by atoms with Gasteiger partial charge in [0.15, 0.2) is 0 Å². The summed E-state index contributed by atoms with van der Waals surface area (Å²) in [5.74, 6) is 0.448. The second-order valence-electron chi connectivity index (χ2n) is 4.43. The van der Waals surface area contributed by atoms with Gasteiger partial charge < -0.3 is 4.74 Å². The fraction of sp³-hybridized carbons (Fsp3) is 0.143. The molecule has 0 unspecified atom stereocenters. The smallest absolute Gasteiger partial charge is 0.270 e. The summed E-state index contributed by atoms with van der Waals surface area (Å²) >= 11 is 5.91. The lowest BCUT2D eigenvalue weighted by atomic mass is 10.3. The number of nitro groups is 1. The summed E-state index contributed by atoms with van der Waals surface area (Å²) in [6, 6.07) is 11.6. The number of benzene rings is 2. The molecule has 0 saturated heterocycles. The minimum Gasteiger partial charge on any atom is -0.491 e. The Bertz CT molecular complexity index is 810. The summed E-state index contributed by atoms with van der Waals surface area (Å²) in [7, 11) is -3.85. The van der Waals surface area contributed by atoms with Crippen molar-refractivity contribution in [2.45, 2.75) is 4.90 Å². The van der Waals surface area contributed by atoms with Gasteiger partial charge in [-0.05, 0) is 18.2 Å². The van der Waals surface area contributed by atoms with Crippen LogP contribution in [0.5, 0.6) is 5.75 Å². The molecule has 0 bridgehead atoms. The molecule has 1 N–H and O–H groups in total. The SMILES string of the molecule is O=[N+]([O-])c1cccc(S(=O)(=O)NCCOc2ccccc2Cl)c1. The van der Waals surface area contributed by atoms with Crippen LogP contribution in [0.4, 0.5) is 5.69 Å². The van der Waals surface area contributed by atoms with E-state index in [4.69, 9.17) is 16.3 Å². The van der Waals surface area contributed by atoms with Crippen molar-refractivity contribution < 1.29 is 18.1 Å². The van der Waals surface area contributed by atoms with Crippen LogP contribution in [-0.2, 0) is 10.0 Å². The Hall–Kier alpha value is -2.16. The lowest BCUT2D eigenvalue weighted by molar-refractivity contribution is -0.385. The zero-order chi connectivity index (χ0) is 16.9. The van der Waals surface area contributed by atoms with Crippen molar-refractivity contribution in [1.29, 1.82) is 0 Å². The van der Waals surface area contributed by atoms with E-state index in [9.17, 15) is 18.5 Å². The average molecular weight is 357 g/mol. The number of rotatable bonds is 7. The lowest BCUT2D eigenvalue weighted by Crippen LogP contribution is -2.28. The summed E-state index contributed by atoms with van der Waals surface area (Å²) < 4.78 is 31.8. The molecule has 23 heavy (non-hydrogen) atoms. The summed E-state index contributed by atoms with van der Waals surface area (Å²) in [6.45, 7) is 0.0636. The molecule has 0 saturated carbocycles. The molecule has 0 amide bonds. The number of nitrogens with one attached hydrogen (secondary N) is 1. The Morgan fingerprint density at radius 1 is 1.17 bits per heavy atom. The van der Waals surface area contributed by atoms with E-state index in [0.29, 0.717) is 10.8 Å². The molecule has 0 heterocycles. The van der Waals surface area contributed by atoms with Gasteiger partial charge >= 0.3 is 0 Å². The molecule has 0 radical (unpaired) electrons. The molecule has 0 atom stereocenters. The minimum absolute atomic E-state index is 0.00372. The van der Waals surface area contributed by atoms with E-state index < -0.39 is 14.9 Å². The van der Waals surface area contributed by atoms with Crippen molar-refractivity contribution >= 4 is 27.3 Å². The highest BCUT2D eigenvalue weighted by molar-refractivity contribution is 7.89. The number of nitrogens with zero attached hydrogens (tertiary/aromatic N) is 1. The number of hydrogen-bond donors (Lipinski definition) is 1. The molecule has 0 aromatic heterocycles. The first kappa shape index (κ1) is 17.2. The third kappa shape index (κ3) is 4.65. The summed E-state index contributed by atoms with van der Waals surface area (Å²) in [6.07, 6.45) is 0. The summed E-state index contributed by atoms with van der Waals surface area (Å²) in [5.41, 5.74) is -0.291. The molecular weight excluding hydrogens is 344 g/mol. The van der Waals surface area contributed by atoms with Crippen LogP contribution < -0.4 is 9.46 Å². The monoisotopic (exact) mass is 356 g/mol. The van der Waals surface area contributed by atoms with E-state index in [1.165, 1.54) is 18.2 Å². The van der Waals surface area contributed by atoms with Crippen LogP contribution >= 0.6 is 11.6 Å². The van der Waals surface area contributed by atoms with Crippen LogP contribution in [0.2, 0.25) is 5.02 Å². The molecule has 0 aliphatic rings. The van der Waals surface area contributed by atoms with Gasteiger partial charge in [0.2, 0.25) is 10.0 Å². The molecule has 7 nitrogen and oxygen atoms in total. The molecule has 0 aliphatic carbocycles. The summed E-state index contributed by atoms with van der Waals surface area (Å²) in [4.78, 5) is 9.86. The van der Waals surface area contributed by atoms with Gasteiger partial charge in [-0.15, -0.1) is 0 Å². The van der Waals surface area contributed by atoms with Crippen molar-refractivity contribution in [3.05, 3.63) is 63.7 Å². The van der Waals surface area contributed by atoms with Gasteiger partial charge in [-0.2, -0.15) is 0 Å². The normalized spacial score (nSPS) is 11.2. The number of halogens is 1. The second-order valence-corrected chi connectivity index (χ2v) is 6.61. The Balaban J connectivity index is 1.95. The number of nitro benzene ring substituents is 1. The van der Waals surface area contributed by atoms with Crippen LogP contribution in [0.3, 0.4) is 0 Å². The minimum atomic E-state index is -3.85. The van der Waals surface area contributed by atoms with Crippen LogP contribution in [0.15, 0.2) is 53.4 Å². The number of hydrogen-bond acceptors (Lipinski definition) is 5. The van der Waals surface area contributed by atoms with Crippen LogP contribution in [0.25, 0.3) is 0 Å². The second kappa shape index (κ2) is 7.40. The van der Waals surface area contributed by atoms with Gasteiger partial charge in [0.1, 0.15) is 12.4 Å². The quantitative estimate of drug-likeness (QED) is 0.467. The molecular formula is C14H13ClN2O5S. The van der Waals surface area contributed by atoms with Gasteiger partial charge in [-0.1, -0.05) is 29.8 Å². The summed E-state index contributed by atoms with van der Waals surface area (Å²) in [5, 5.41) is 11.1. The Morgan fingerprint density at radius 3 is 2.61 bits per heavy atom. The first-order chi connectivity index (χ1) is 10.9. The predicted octanol–water partition coefficient (Wildman–Crippen LogP) is 2.61. The third-order valence-corrected chi connectivity index (χ3v) is 4.60. The predicted molar refractivity (Wildman–Crippen MR) is 85.2 cm³/mol. The van der Waals surface area contributed by atoms with Gasteiger partial charge in [-0.3, -0.25) is 10.1 Å². The van der Waals surface area contributed by atoms with Crippen molar-refractivity contribution in [2.24, 2.45) is 0 Å². The Morgan fingerprint density at radius 2 is 1.91 bits per heavy atom. The highest BCUT2D eigenvalue weighted by Crippen LogP contribution is 2.22. The maximum atomic E-state index is 12.1. The molecule has 2 aromatic rings. The van der Waals surface area contributed by atoms with Crippen molar-refractivity contribution in [1.82, 2.24) is 4.72 Å². The lowest BCUT2D eigenvalue weighted by Gasteiger charge is -2.09. The maximum absolute atomic E-state index is 12.1. The fourth-order valence-electron chi connectivity index (χ4n) is 1.75. The molecule has 122 valence electrons. The maximum Gasteiger partial charge on any atom is 0.270 e. The van der Waals surface area contributed by atoms with Gasteiger partial charge in [0.05, 0.1) is 14.8 Å². The number of non-ortho nitro benzene ring substituents is 1. The highest BCUT2D eigenvalue weighted by Gasteiger charge is 2.17. The molecule has 9 heteroatoms. The van der Waals surface area contributed by atoms with Crippen LogP contribution in [0.1, 0.15) is 0 Å². The van der Waals surface area contributed by atoms with E-state index >= 15 is 0 Å². The van der Waals surface area contributed by atoms with Crippen LogP contribution in [0, 0.1) is 10.1 Å². The first-order valence-corrected chi connectivity index (χ1v) is 8.38. The molecule has 2 aromatic carbocycles. The average Bonchev–Trinajstić information content (AvgIpc) is 2.53. The third-order valence-electron chi connectivity index (χ3n) is 2.83. The standard InChI is InChI=1S/C14H13ClN2O5S/c15-13-6-1-2-7-14(13)22-9-8-16-23(20,21)12-5-3-4-11(10-12)17(18)19/h1-7,10,16H,8-9H2. The topological polar surface area (TPSA) is 98.5 Å². The van der Waals surface area contributed by atoms with Gasteiger partial charge in [0.25, 0.3) is 5.69 Å². The number of sulfonamides is 1. The molecule has 0 aliphatic heterocycles. The number of ether oxygens (including phenoxy) is 1. The van der Waals surface area contributed by atoms with Gasteiger partial charge in [-0.25, -0.2) is 13.1 Å². The largest absolute Gasteiger partial charge is 0.491 e. The zero-order valence-corrected chi connectivity index (χ0v) is 13.4. The van der Waals surface area contributed by atoms with Crippen LogP contribution in [-0.4, -0.2) is 26.5 Å². The van der Waals surface area contributed by atoms with Crippen molar-refractivity contribution in [2.75, 3.05) is 13.2 Å². The van der Waals surface area contributed by atoms with Crippen molar-refractivity contribution in [3.63, 3.8) is 0 Å². The molecule has 0 fully saturated rings. The van der Waals surface area contributed by atoms with E-state index in [-0.39, 0.29) is 23.7 Å². The Labute approximate surface area is 138 Å². The zero-order valence-electron chi connectivity index (χ0n) is 11.8. The number of para-hydroxylation sites is 1. The van der Waals surface area contributed by atoms with E-state index in [1.807, 2.05) is 0 Å². The molecule has 2 rings (SSSR count). The first-order valence-electron chi connectivity index (χ1n) is 6.51. The highest BCUT2D eigenvalue weighted by atomic mass is 35.5. The Kier molecular flexibility index (Phi) is 5.54. The van der Waals surface area contributed by atoms with Gasteiger partial charge in [0, 0.05) is 18.7 Å². The van der Waals surface area contributed by atoms with Crippen molar-refractivity contribution in [3.8, 4) is 5.75 Å². The van der Waals surface area contributed by atoms with E-state index in [0.717, 1.165) is 6.07 Å². The van der Waals surface area contributed by atoms with E-state index in [2.05, 4.69) is 4.72 Å². The molecule has 0 spiro atoms. The fourth-order valence-corrected chi connectivity index (χ4v) is 2.99. The van der Waals surface area contributed by atoms with E-state index in [1.54, 1.807) is 24.3 Å².